The van der Waals surface area contributed by atoms with Gasteiger partial charge in [-0.3, -0.25) is 0 Å². The molecule has 2 N–H and O–H groups in total. The quantitative estimate of drug-likeness (QED) is 0.539. The Morgan fingerprint density at radius 2 is 1.79 bits per heavy atom. The summed E-state index contributed by atoms with van der Waals surface area (Å²) in [5, 5.41) is 0. The van der Waals surface area contributed by atoms with Crippen molar-refractivity contribution in [3.63, 3.8) is 0 Å². The van der Waals surface area contributed by atoms with Gasteiger partial charge in [-0.1, -0.05) is 31.6 Å². The van der Waals surface area contributed by atoms with Gasteiger partial charge in [0.05, 0.1) is 0 Å². The van der Waals surface area contributed by atoms with Crippen molar-refractivity contribution >= 4 is 0 Å². The highest BCUT2D eigenvalue weighted by Crippen LogP contribution is 2.22. The molecular formula is C13H23N. The number of rotatable bonds is 4. The third kappa shape index (κ3) is 5.29. The predicted molar refractivity (Wildman–Crippen MR) is 61.9 cm³/mol. The lowest BCUT2D eigenvalue weighted by Gasteiger charge is -2.15. The van der Waals surface area contributed by atoms with Gasteiger partial charge in [-0.05, 0) is 32.2 Å². The fourth-order valence-electron chi connectivity index (χ4n) is 2.00. The molecule has 0 amide bonds. The Balaban J connectivity index is 2.00. The molecule has 0 heterocycles. The van der Waals surface area contributed by atoms with Crippen molar-refractivity contribution in [1.29, 1.82) is 0 Å². The molecule has 0 aliphatic heterocycles. The molecule has 14 heavy (non-hydrogen) atoms. The molecule has 0 aromatic heterocycles. The van der Waals surface area contributed by atoms with Crippen LogP contribution in [0.15, 0.2) is 0 Å². The van der Waals surface area contributed by atoms with E-state index in [2.05, 4.69) is 11.8 Å². The van der Waals surface area contributed by atoms with E-state index in [1.54, 1.807) is 0 Å². The van der Waals surface area contributed by atoms with Gasteiger partial charge < -0.3 is 5.73 Å². The Hall–Kier alpha value is -0.480. The third-order valence-electron chi connectivity index (χ3n) is 2.92. The van der Waals surface area contributed by atoms with Gasteiger partial charge in [-0.2, -0.15) is 0 Å². The van der Waals surface area contributed by atoms with Crippen LogP contribution in [0.25, 0.3) is 0 Å². The predicted octanol–water partition coefficient (Wildman–Crippen LogP) is 3.09. The van der Waals surface area contributed by atoms with E-state index in [4.69, 9.17) is 5.73 Å². The van der Waals surface area contributed by atoms with Crippen LogP contribution in [0.1, 0.15) is 57.8 Å². The van der Waals surface area contributed by atoms with Gasteiger partial charge in [0.15, 0.2) is 0 Å². The van der Waals surface area contributed by atoms with E-state index in [1.807, 2.05) is 0 Å². The first-order valence-electron chi connectivity index (χ1n) is 6.12. The summed E-state index contributed by atoms with van der Waals surface area (Å²) in [5.41, 5.74) is 5.42. The van der Waals surface area contributed by atoms with Crippen LogP contribution in [0.2, 0.25) is 0 Å². The second kappa shape index (κ2) is 7.88. The molecule has 0 spiro atoms. The summed E-state index contributed by atoms with van der Waals surface area (Å²) in [5.74, 6) is 7.46. The van der Waals surface area contributed by atoms with Crippen molar-refractivity contribution in [2.45, 2.75) is 57.8 Å². The molecule has 0 saturated heterocycles. The largest absolute Gasteiger partial charge is 0.330 e. The van der Waals surface area contributed by atoms with Crippen LogP contribution >= 0.6 is 0 Å². The summed E-state index contributed by atoms with van der Waals surface area (Å²) in [6.07, 6.45) is 11.6. The highest BCUT2D eigenvalue weighted by molar-refractivity contribution is 5.04. The summed E-state index contributed by atoms with van der Waals surface area (Å²) in [7, 11) is 0. The number of hydrogen-bond acceptors (Lipinski definition) is 1. The first-order valence-corrected chi connectivity index (χ1v) is 6.12. The molecule has 0 unspecified atom stereocenters. The van der Waals surface area contributed by atoms with Crippen molar-refractivity contribution in [3.05, 3.63) is 0 Å². The smallest absolute Gasteiger partial charge is 0.0202 e. The Morgan fingerprint density at radius 1 is 1.00 bits per heavy atom. The van der Waals surface area contributed by atoms with E-state index in [9.17, 15) is 0 Å². The lowest BCUT2D eigenvalue weighted by atomic mass is 9.90. The molecule has 1 nitrogen and oxygen atoms in total. The van der Waals surface area contributed by atoms with Gasteiger partial charge in [0.2, 0.25) is 0 Å². The lowest BCUT2D eigenvalue weighted by molar-refractivity contribution is 0.430. The molecular weight excluding hydrogens is 170 g/mol. The van der Waals surface area contributed by atoms with E-state index >= 15 is 0 Å². The maximum Gasteiger partial charge on any atom is 0.0202 e. The van der Waals surface area contributed by atoms with E-state index in [0.29, 0.717) is 0 Å². The van der Waals surface area contributed by atoms with Crippen molar-refractivity contribution in [1.82, 2.24) is 0 Å². The molecule has 0 aromatic carbocycles. The minimum Gasteiger partial charge on any atom is -0.330 e. The fourth-order valence-corrected chi connectivity index (χ4v) is 2.00. The molecule has 0 aromatic rings. The number of nitrogens with two attached hydrogens (primary N) is 1. The molecule has 1 heteroatoms. The summed E-state index contributed by atoms with van der Waals surface area (Å²) >= 11 is 0. The van der Waals surface area contributed by atoms with E-state index in [-0.39, 0.29) is 0 Å². The third-order valence-corrected chi connectivity index (χ3v) is 2.92. The van der Waals surface area contributed by atoms with Crippen molar-refractivity contribution in [3.8, 4) is 11.8 Å². The second-order valence-electron chi connectivity index (χ2n) is 4.26. The lowest BCUT2D eigenvalue weighted by Crippen LogP contribution is -2.02. The standard InChI is InChI=1S/C13H23N/c14-12-8-3-1-2-5-9-13-10-6-4-7-11-13/h13H,1-4,6-8,10-12,14H2. The van der Waals surface area contributed by atoms with Gasteiger partial charge >= 0.3 is 0 Å². The molecule has 0 radical (unpaired) electrons. The first-order chi connectivity index (χ1) is 6.93. The number of unbranched alkanes of at least 4 members (excludes halogenated alkanes) is 3. The first kappa shape index (κ1) is 11.6. The van der Waals surface area contributed by atoms with E-state index < -0.39 is 0 Å². The van der Waals surface area contributed by atoms with Gasteiger partial charge in [0.1, 0.15) is 0 Å². The summed E-state index contributed by atoms with van der Waals surface area (Å²) in [6, 6.07) is 0. The average Bonchev–Trinajstić information content (AvgIpc) is 2.25. The molecule has 1 saturated carbocycles. The number of hydrogen-bond donors (Lipinski definition) is 1. The van der Waals surface area contributed by atoms with Gasteiger partial charge in [0.25, 0.3) is 0 Å². The fraction of sp³-hybridized carbons (Fsp3) is 0.846. The van der Waals surface area contributed by atoms with Crippen molar-refractivity contribution < 1.29 is 0 Å². The van der Waals surface area contributed by atoms with E-state index in [0.717, 1.165) is 25.3 Å². The Morgan fingerprint density at radius 3 is 2.50 bits per heavy atom. The molecule has 1 fully saturated rings. The zero-order chi connectivity index (χ0) is 10.1. The van der Waals surface area contributed by atoms with E-state index in [1.165, 1.54) is 44.9 Å². The van der Waals surface area contributed by atoms with Crippen LogP contribution < -0.4 is 5.73 Å². The van der Waals surface area contributed by atoms with Crippen LogP contribution in [0, 0.1) is 17.8 Å². The summed E-state index contributed by atoms with van der Waals surface area (Å²) in [6.45, 7) is 0.829. The van der Waals surface area contributed by atoms with Crippen LogP contribution in [-0.2, 0) is 0 Å². The molecule has 1 aliphatic rings. The Kier molecular flexibility index (Phi) is 6.53. The molecule has 1 rings (SSSR count). The minimum atomic E-state index is 0.721. The van der Waals surface area contributed by atoms with Crippen LogP contribution in [-0.4, -0.2) is 6.54 Å². The summed E-state index contributed by atoms with van der Waals surface area (Å²) < 4.78 is 0. The molecule has 80 valence electrons. The van der Waals surface area contributed by atoms with Crippen LogP contribution in [0.3, 0.4) is 0 Å². The highest BCUT2D eigenvalue weighted by Gasteiger charge is 2.09. The van der Waals surface area contributed by atoms with Crippen molar-refractivity contribution in [2.24, 2.45) is 11.7 Å². The van der Waals surface area contributed by atoms with Crippen molar-refractivity contribution in [2.75, 3.05) is 6.54 Å². The maximum atomic E-state index is 5.42. The van der Waals surface area contributed by atoms with Gasteiger partial charge in [0, 0.05) is 12.3 Å². The summed E-state index contributed by atoms with van der Waals surface area (Å²) in [4.78, 5) is 0. The molecule has 1 aliphatic carbocycles. The monoisotopic (exact) mass is 193 g/mol. The maximum absolute atomic E-state index is 5.42. The van der Waals surface area contributed by atoms with Crippen LogP contribution in [0.4, 0.5) is 0 Å². The topological polar surface area (TPSA) is 26.0 Å². The normalized spacial score (nSPS) is 17.5. The second-order valence-corrected chi connectivity index (χ2v) is 4.26. The van der Waals surface area contributed by atoms with Crippen LogP contribution in [0.5, 0.6) is 0 Å². The molecule has 0 atom stereocenters. The minimum absolute atomic E-state index is 0.721. The van der Waals surface area contributed by atoms with Gasteiger partial charge in [-0.25, -0.2) is 0 Å². The average molecular weight is 193 g/mol. The van der Waals surface area contributed by atoms with Gasteiger partial charge in [-0.15, -0.1) is 5.92 Å². The zero-order valence-corrected chi connectivity index (χ0v) is 9.23. The highest BCUT2D eigenvalue weighted by atomic mass is 14.5. The Bertz CT molecular complexity index is 181. The molecule has 0 bridgehead atoms. The SMILES string of the molecule is NCCCCCC#CC1CCCCC1. The Labute approximate surface area is 88.5 Å². The zero-order valence-electron chi connectivity index (χ0n) is 9.23.